The molecule has 9 nitrogen and oxygen atoms in total. The van der Waals surface area contributed by atoms with E-state index in [9.17, 15) is 18.0 Å². The van der Waals surface area contributed by atoms with Crippen LogP contribution in [0.25, 0.3) is 0 Å². The third-order valence-corrected chi connectivity index (χ3v) is 6.34. The van der Waals surface area contributed by atoms with Crippen LogP contribution in [0.2, 0.25) is 0 Å². The number of sulfonamides is 1. The first kappa shape index (κ1) is 28.0. The van der Waals surface area contributed by atoms with E-state index in [2.05, 4.69) is 5.32 Å². The number of benzene rings is 2. The molecule has 192 valence electrons. The van der Waals surface area contributed by atoms with E-state index in [-0.39, 0.29) is 18.5 Å². The van der Waals surface area contributed by atoms with Gasteiger partial charge in [-0.25, -0.2) is 8.42 Å². The van der Waals surface area contributed by atoms with Gasteiger partial charge < -0.3 is 19.7 Å². The van der Waals surface area contributed by atoms with Crippen molar-refractivity contribution in [2.45, 2.75) is 46.3 Å². The minimum absolute atomic E-state index is 0.101. The van der Waals surface area contributed by atoms with Crippen LogP contribution in [-0.4, -0.2) is 63.7 Å². The fraction of sp³-hybridized carbons (Fsp3) is 0.440. The quantitative estimate of drug-likeness (QED) is 0.476. The number of hydrogen-bond donors (Lipinski definition) is 1. The molecule has 2 aromatic carbocycles. The van der Waals surface area contributed by atoms with Crippen molar-refractivity contribution in [3.05, 3.63) is 54.1 Å². The first-order valence-corrected chi connectivity index (χ1v) is 13.2. The first-order valence-electron chi connectivity index (χ1n) is 11.4. The maximum Gasteiger partial charge on any atom is 0.244 e. The highest BCUT2D eigenvalue weighted by molar-refractivity contribution is 7.92. The summed E-state index contributed by atoms with van der Waals surface area (Å²) >= 11 is 0. The van der Waals surface area contributed by atoms with Crippen LogP contribution < -0.4 is 19.1 Å². The zero-order valence-corrected chi connectivity index (χ0v) is 22.0. The highest BCUT2D eigenvalue weighted by Crippen LogP contribution is 2.23. The number of methoxy groups -OCH3 is 1. The number of ether oxygens (including phenoxy) is 2. The smallest absolute Gasteiger partial charge is 0.244 e. The van der Waals surface area contributed by atoms with Crippen molar-refractivity contribution in [2.75, 3.05) is 30.8 Å². The lowest BCUT2D eigenvalue weighted by Crippen LogP contribution is -2.52. The summed E-state index contributed by atoms with van der Waals surface area (Å²) in [5.41, 5.74) is 1.07. The summed E-state index contributed by atoms with van der Waals surface area (Å²) in [5, 5.41) is 2.82. The lowest BCUT2D eigenvalue weighted by atomic mass is 10.1. The van der Waals surface area contributed by atoms with Crippen LogP contribution in [-0.2, 0) is 26.2 Å². The monoisotopic (exact) mass is 505 g/mol. The minimum Gasteiger partial charge on any atom is -0.497 e. The van der Waals surface area contributed by atoms with Gasteiger partial charge in [-0.3, -0.25) is 13.9 Å². The molecule has 0 saturated heterocycles. The zero-order chi connectivity index (χ0) is 26.2. The molecule has 1 N–H and O–H groups in total. The Kier molecular flexibility index (Phi) is 9.94. The first-order chi connectivity index (χ1) is 16.5. The second-order valence-electron chi connectivity index (χ2n) is 8.41. The summed E-state index contributed by atoms with van der Waals surface area (Å²) in [6, 6.07) is 12.7. The summed E-state index contributed by atoms with van der Waals surface area (Å²) in [6.45, 7) is 7.25. The van der Waals surface area contributed by atoms with Crippen molar-refractivity contribution in [1.29, 1.82) is 0 Å². The third-order valence-electron chi connectivity index (χ3n) is 5.20. The molecular weight excluding hydrogens is 470 g/mol. The molecule has 1 unspecified atom stereocenters. The molecule has 0 saturated carbocycles. The second-order valence-corrected chi connectivity index (χ2v) is 10.3. The van der Waals surface area contributed by atoms with Crippen LogP contribution in [0.4, 0.5) is 5.69 Å². The Hall–Kier alpha value is -3.27. The largest absolute Gasteiger partial charge is 0.497 e. The zero-order valence-electron chi connectivity index (χ0n) is 21.1. The number of carbonyl (C=O) groups excluding carboxylic acids is 2. The van der Waals surface area contributed by atoms with Gasteiger partial charge in [-0.1, -0.05) is 12.1 Å². The van der Waals surface area contributed by atoms with Gasteiger partial charge in [0, 0.05) is 12.6 Å². The second kappa shape index (κ2) is 12.4. The van der Waals surface area contributed by atoms with Gasteiger partial charge in [-0.15, -0.1) is 0 Å². The maximum atomic E-state index is 13.5. The molecule has 0 aliphatic heterocycles. The molecule has 0 bridgehead atoms. The van der Waals surface area contributed by atoms with E-state index in [0.29, 0.717) is 23.8 Å². The van der Waals surface area contributed by atoms with Crippen LogP contribution >= 0.6 is 0 Å². The fourth-order valence-electron chi connectivity index (χ4n) is 3.44. The fourth-order valence-corrected chi connectivity index (χ4v) is 4.29. The number of anilines is 1. The minimum atomic E-state index is -3.80. The Bertz CT molecular complexity index is 1100. The molecule has 35 heavy (non-hydrogen) atoms. The summed E-state index contributed by atoms with van der Waals surface area (Å²) < 4.78 is 37.0. The van der Waals surface area contributed by atoms with Crippen molar-refractivity contribution in [3.8, 4) is 11.5 Å². The molecule has 0 fully saturated rings. The Morgan fingerprint density at radius 1 is 1.03 bits per heavy atom. The molecule has 0 radical (unpaired) electrons. The van der Waals surface area contributed by atoms with Gasteiger partial charge in [0.15, 0.2) is 0 Å². The van der Waals surface area contributed by atoms with E-state index < -0.39 is 28.5 Å². The van der Waals surface area contributed by atoms with E-state index in [0.717, 1.165) is 16.1 Å². The number of hydrogen-bond acceptors (Lipinski definition) is 6. The summed E-state index contributed by atoms with van der Waals surface area (Å²) in [4.78, 5) is 27.7. The average Bonchev–Trinajstić information content (AvgIpc) is 2.80. The Morgan fingerprint density at radius 3 is 2.23 bits per heavy atom. The predicted molar refractivity (Wildman–Crippen MR) is 136 cm³/mol. The molecule has 1 atom stereocenters. The van der Waals surface area contributed by atoms with Crippen molar-refractivity contribution in [1.82, 2.24) is 10.2 Å². The normalized spacial score (nSPS) is 12.1. The maximum absolute atomic E-state index is 13.5. The molecular formula is C25H35N3O6S. The SMILES string of the molecule is CCOc1ccc(N(CC(=O)N(Cc2cccc(OC)c2)C(C)C(=O)NC(C)C)S(C)(=O)=O)cc1. The van der Waals surface area contributed by atoms with Gasteiger partial charge in [-0.05, 0) is 69.7 Å². The number of amides is 2. The van der Waals surface area contributed by atoms with Gasteiger partial charge >= 0.3 is 0 Å². The number of nitrogens with one attached hydrogen (secondary N) is 1. The van der Waals surface area contributed by atoms with Gasteiger partial charge in [0.05, 0.1) is 25.7 Å². The summed E-state index contributed by atoms with van der Waals surface area (Å²) in [5.74, 6) is 0.359. The number of rotatable bonds is 12. The molecule has 0 aliphatic carbocycles. The molecule has 10 heteroatoms. The Morgan fingerprint density at radius 2 is 1.69 bits per heavy atom. The lowest BCUT2D eigenvalue weighted by molar-refractivity contribution is -0.139. The van der Waals surface area contributed by atoms with E-state index in [1.54, 1.807) is 56.5 Å². The van der Waals surface area contributed by atoms with Crippen molar-refractivity contribution < 1.29 is 27.5 Å². The molecule has 0 heterocycles. The van der Waals surface area contributed by atoms with Crippen molar-refractivity contribution in [2.24, 2.45) is 0 Å². The van der Waals surface area contributed by atoms with Gasteiger partial charge in [0.25, 0.3) is 0 Å². The highest BCUT2D eigenvalue weighted by Gasteiger charge is 2.30. The summed E-state index contributed by atoms with van der Waals surface area (Å²) in [7, 11) is -2.25. The van der Waals surface area contributed by atoms with E-state index in [4.69, 9.17) is 9.47 Å². The topological polar surface area (TPSA) is 105 Å². The average molecular weight is 506 g/mol. The van der Waals surface area contributed by atoms with Gasteiger partial charge in [-0.2, -0.15) is 0 Å². The predicted octanol–water partition coefficient (Wildman–Crippen LogP) is 2.80. The molecule has 2 amide bonds. The Balaban J connectivity index is 2.38. The van der Waals surface area contributed by atoms with Crippen LogP contribution in [0.5, 0.6) is 11.5 Å². The van der Waals surface area contributed by atoms with Crippen LogP contribution in [0, 0.1) is 0 Å². The third kappa shape index (κ3) is 8.17. The number of carbonyl (C=O) groups is 2. The van der Waals surface area contributed by atoms with Crippen LogP contribution in [0.15, 0.2) is 48.5 Å². The molecule has 0 spiro atoms. The standard InChI is InChI=1S/C25H35N3O6S/c1-7-34-22-13-11-21(12-14-22)28(35(6,31)32)17-24(29)27(19(4)25(30)26-18(2)3)16-20-9-8-10-23(15-20)33-5/h8-15,18-19H,7,16-17H2,1-6H3,(H,26,30). The molecule has 2 aromatic rings. The van der Waals surface area contributed by atoms with E-state index in [1.165, 1.54) is 4.90 Å². The molecule has 0 aliphatic rings. The van der Waals surface area contributed by atoms with Gasteiger partial charge in [0.1, 0.15) is 24.1 Å². The van der Waals surface area contributed by atoms with Crippen molar-refractivity contribution in [3.63, 3.8) is 0 Å². The molecule has 2 rings (SSSR count). The van der Waals surface area contributed by atoms with Crippen molar-refractivity contribution >= 4 is 27.5 Å². The Labute approximate surface area is 208 Å². The lowest BCUT2D eigenvalue weighted by Gasteiger charge is -2.32. The van der Waals surface area contributed by atoms with Gasteiger partial charge in [0.2, 0.25) is 21.8 Å². The van der Waals surface area contributed by atoms with Crippen LogP contribution in [0.3, 0.4) is 0 Å². The summed E-state index contributed by atoms with van der Waals surface area (Å²) in [6.07, 6.45) is 1.04. The van der Waals surface area contributed by atoms with E-state index in [1.807, 2.05) is 26.8 Å². The van der Waals surface area contributed by atoms with Crippen LogP contribution in [0.1, 0.15) is 33.3 Å². The highest BCUT2D eigenvalue weighted by atomic mass is 32.2. The number of nitrogens with zero attached hydrogens (tertiary/aromatic N) is 2. The molecule has 0 aromatic heterocycles. The van der Waals surface area contributed by atoms with E-state index >= 15 is 0 Å².